The lowest BCUT2D eigenvalue weighted by atomic mass is 10.1. The molecule has 10 nitrogen and oxygen atoms in total. The van der Waals surface area contributed by atoms with E-state index in [0.717, 1.165) is 11.6 Å². The van der Waals surface area contributed by atoms with Gasteiger partial charge in [-0.05, 0) is 50.6 Å². The van der Waals surface area contributed by atoms with Crippen molar-refractivity contribution in [2.75, 3.05) is 36.4 Å². The van der Waals surface area contributed by atoms with Crippen LogP contribution in [-0.2, 0) is 11.3 Å². The highest BCUT2D eigenvalue weighted by molar-refractivity contribution is 5.99. The van der Waals surface area contributed by atoms with Gasteiger partial charge in [0.05, 0.1) is 23.0 Å². The molecule has 1 unspecified atom stereocenters. The summed E-state index contributed by atoms with van der Waals surface area (Å²) in [5, 5.41) is 24.3. The fourth-order valence-electron chi connectivity index (χ4n) is 4.67. The number of pyridine rings is 1. The highest BCUT2D eigenvalue weighted by Gasteiger charge is 2.27. The van der Waals surface area contributed by atoms with Crippen LogP contribution in [0.15, 0.2) is 52.5 Å². The number of halogens is 1. The monoisotopic (exact) mass is 523 g/mol. The number of rotatable bonds is 7. The SMILES string of the molecule is CCn1cc(C(=O)O)c(=O)c2cc(F)c(N3CCN(C(C)C(=O)Nc4ccc(/C(C)=N\O)cc4)CC3)cc21. The number of aromatic nitrogens is 1. The molecule has 3 aromatic rings. The van der Waals surface area contributed by atoms with Crippen LogP contribution < -0.4 is 15.6 Å². The molecule has 0 saturated carbocycles. The van der Waals surface area contributed by atoms with Gasteiger partial charge >= 0.3 is 5.97 Å². The first-order valence-electron chi connectivity index (χ1n) is 12.3. The van der Waals surface area contributed by atoms with Gasteiger partial charge in [-0.1, -0.05) is 17.3 Å². The van der Waals surface area contributed by atoms with Gasteiger partial charge in [0.1, 0.15) is 11.4 Å². The Hall–Kier alpha value is -4.25. The molecule has 4 rings (SSSR count). The van der Waals surface area contributed by atoms with Crippen LogP contribution in [0.25, 0.3) is 10.9 Å². The Labute approximate surface area is 218 Å². The first-order valence-corrected chi connectivity index (χ1v) is 12.3. The number of carbonyl (C=O) groups is 2. The average molecular weight is 524 g/mol. The van der Waals surface area contributed by atoms with E-state index in [4.69, 9.17) is 5.21 Å². The highest BCUT2D eigenvalue weighted by Crippen LogP contribution is 2.27. The molecule has 3 N–H and O–H groups in total. The summed E-state index contributed by atoms with van der Waals surface area (Å²) in [6.07, 6.45) is 1.29. The summed E-state index contributed by atoms with van der Waals surface area (Å²) >= 11 is 0. The maximum atomic E-state index is 15.1. The van der Waals surface area contributed by atoms with E-state index in [-0.39, 0.29) is 11.3 Å². The molecular formula is C27H30FN5O5. The molecule has 1 saturated heterocycles. The van der Waals surface area contributed by atoms with E-state index < -0.39 is 28.8 Å². The second-order valence-corrected chi connectivity index (χ2v) is 9.23. The number of fused-ring (bicyclic) bond motifs is 1. The van der Waals surface area contributed by atoms with E-state index in [9.17, 15) is 19.5 Å². The van der Waals surface area contributed by atoms with Crippen molar-refractivity contribution in [1.82, 2.24) is 9.47 Å². The van der Waals surface area contributed by atoms with Crippen LogP contribution in [0.1, 0.15) is 36.7 Å². The number of amides is 1. The number of oxime groups is 1. The van der Waals surface area contributed by atoms with Crippen molar-refractivity contribution < 1.29 is 24.3 Å². The molecule has 200 valence electrons. The zero-order valence-electron chi connectivity index (χ0n) is 21.4. The highest BCUT2D eigenvalue weighted by atomic mass is 19.1. The largest absolute Gasteiger partial charge is 0.477 e. The standard InChI is InChI=1S/C27H30FN5O5/c1-4-31-15-21(27(36)37)25(34)20-13-22(28)24(14-23(20)31)33-11-9-32(10-12-33)17(3)26(35)29-19-7-5-18(6-8-19)16(2)30-38/h5-8,13-15,17,38H,4,9-12H2,1-3H3,(H,29,35)(H,36,37)/b30-16-. The third kappa shape index (κ3) is 5.23. The Morgan fingerprint density at radius 2 is 1.79 bits per heavy atom. The van der Waals surface area contributed by atoms with Gasteiger partial charge in [0.2, 0.25) is 11.3 Å². The molecule has 1 aliphatic heterocycles. The molecule has 11 heteroatoms. The number of hydrogen-bond acceptors (Lipinski definition) is 7. The van der Waals surface area contributed by atoms with Crippen molar-refractivity contribution in [3.05, 3.63) is 69.8 Å². The Balaban J connectivity index is 1.46. The van der Waals surface area contributed by atoms with Crippen molar-refractivity contribution in [2.45, 2.75) is 33.4 Å². The third-order valence-corrected chi connectivity index (χ3v) is 7.02. The normalized spacial score (nSPS) is 15.5. The lowest BCUT2D eigenvalue weighted by Gasteiger charge is -2.38. The Bertz CT molecular complexity index is 1460. The Morgan fingerprint density at radius 1 is 1.13 bits per heavy atom. The summed E-state index contributed by atoms with van der Waals surface area (Å²) in [5.41, 5.74) is 1.55. The topological polar surface area (TPSA) is 127 Å². The van der Waals surface area contributed by atoms with E-state index in [2.05, 4.69) is 10.5 Å². The summed E-state index contributed by atoms with van der Waals surface area (Å²) in [5.74, 6) is -2.11. The molecule has 0 radical (unpaired) electrons. The number of hydrogen-bond donors (Lipinski definition) is 3. The summed E-state index contributed by atoms with van der Waals surface area (Å²) in [6, 6.07) is 9.29. The number of carbonyl (C=O) groups excluding carboxylic acids is 1. The lowest BCUT2D eigenvalue weighted by molar-refractivity contribution is -0.120. The van der Waals surface area contributed by atoms with E-state index in [1.54, 1.807) is 41.8 Å². The molecule has 1 fully saturated rings. The number of aromatic carboxylic acids is 1. The first-order chi connectivity index (χ1) is 18.1. The molecule has 2 aromatic carbocycles. The Morgan fingerprint density at radius 3 is 2.37 bits per heavy atom. The fraction of sp³-hybridized carbons (Fsp3) is 0.333. The Kier molecular flexibility index (Phi) is 7.77. The quantitative estimate of drug-likeness (QED) is 0.247. The van der Waals surface area contributed by atoms with Crippen LogP contribution in [0.2, 0.25) is 0 Å². The van der Waals surface area contributed by atoms with E-state index in [1.165, 1.54) is 6.20 Å². The molecule has 1 amide bonds. The van der Waals surface area contributed by atoms with Gasteiger partial charge in [0.25, 0.3) is 0 Å². The summed E-state index contributed by atoms with van der Waals surface area (Å²) in [6.45, 7) is 7.72. The molecule has 1 aromatic heterocycles. The average Bonchev–Trinajstić information content (AvgIpc) is 2.92. The van der Waals surface area contributed by atoms with Gasteiger partial charge in [0, 0.05) is 50.0 Å². The van der Waals surface area contributed by atoms with Crippen molar-refractivity contribution >= 4 is 39.9 Å². The van der Waals surface area contributed by atoms with Crippen LogP contribution in [0.3, 0.4) is 0 Å². The number of piperazine rings is 1. The maximum Gasteiger partial charge on any atom is 0.341 e. The molecule has 1 aliphatic rings. The minimum Gasteiger partial charge on any atom is -0.477 e. The fourth-order valence-corrected chi connectivity index (χ4v) is 4.67. The van der Waals surface area contributed by atoms with Crippen molar-refractivity contribution in [3.63, 3.8) is 0 Å². The predicted octanol–water partition coefficient (Wildman–Crippen LogP) is 3.21. The molecule has 1 atom stereocenters. The van der Waals surface area contributed by atoms with Gasteiger partial charge in [-0.3, -0.25) is 14.5 Å². The van der Waals surface area contributed by atoms with E-state index in [0.29, 0.717) is 55.3 Å². The van der Waals surface area contributed by atoms with Gasteiger partial charge in [-0.2, -0.15) is 0 Å². The summed E-state index contributed by atoms with van der Waals surface area (Å²) < 4.78 is 16.8. The summed E-state index contributed by atoms with van der Waals surface area (Å²) in [4.78, 5) is 40.8. The number of nitrogens with one attached hydrogen (secondary N) is 1. The van der Waals surface area contributed by atoms with Crippen LogP contribution in [-0.4, -0.2) is 69.6 Å². The number of aryl methyl sites for hydroxylation is 1. The number of carboxylic acids is 1. The molecule has 2 heterocycles. The number of anilines is 2. The van der Waals surface area contributed by atoms with Crippen LogP contribution in [0, 0.1) is 5.82 Å². The molecule has 38 heavy (non-hydrogen) atoms. The molecule has 0 spiro atoms. The number of benzene rings is 2. The minimum absolute atomic E-state index is 0.0313. The van der Waals surface area contributed by atoms with Gasteiger partial charge < -0.3 is 25.1 Å². The van der Waals surface area contributed by atoms with Crippen molar-refractivity contribution in [2.24, 2.45) is 5.16 Å². The first kappa shape index (κ1) is 26.8. The smallest absolute Gasteiger partial charge is 0.341 e. The molecule has 0 aliphatic carbocycles. The zero-order chi connectivity index (χ0) is 27.6. The maximum absolute atomic E-state index is 15.1. The van der Waals surface area contributed by atoms with Gasteiger partial charge in [-0.15, -0.1) is 0 Å². The van der Waals surface area contributed by atoms with E-state index in [1.807, 2.05) is 23.6 Å². The van der Waals surface area contributed by atoms with E-state index >= 15 is 4.39 Å². The predicted molar refractivity (Wildman–Crippen MR) is 143 cm³/mol. The second-order valence-electron chi connectivity index (χ2n) is 9.23. The summed E-state index contributed by atoms with van der Waals surface area (Å²) in [7, 11) is 0. The zero-order valence-corrected chi connectivity index (χ0v) is 21.4. The number of carboxylic acid groups (broad SMARTS) is 1. The van der Waals surface area contributed by atoms with Crippen LogP contribution in [0.5, 0.6) is 0 Å². The van der Waals surface area contributed by atoms with Crippen molar-refractivity contribution in [3.8, 4) is 0 Å². The molecular weight excluding hydrogens is 493 g/mol. The third-order valence-electron chi connectivity index (χ3n) is 7.02. The van der Waals surface area contributed by atoms with Crippen LogP contribution in [0.4, 0.5) is 15.8 Å². The minimum atomic E-state index is -1.35. The van der Waals surface area contributed by atoms with Gasteiger partial charge in [0.15, 0.2) is 0 Å². The molecule has 0 bridgehead atoms. The second kappa shape index (κ2) is 11.0. The lowest BCUT2D eigenvalue weighted by Crippen LogP contribution is -2.53. The van der Waals surface area contributed by atoms with Crippen molar-refractivity contribution in [1.29, 1.82) is 0 Å². The van der Waals surface area contributed by atoms with Gasteiger partial charge in [-0.25, -0.2) is 9.18 Å². The van der Waals surface area contributed by atoms with Crippen LogP contribution >= 0.6 is 0 Å². The number of nitrogens with zero attached hydrogens (tertiary/aromatic N) is 4.